The third kappa shape index (κ3) is 5.78. The van der Waals surface area contributed by atoms with E-state index >= 15 is 0 Å². The van der Waals surface area contributed by atoms with Crippen LogP contribution in [0, 0.1) is 17.2 Å². The average Bonchev–Trinajstić information content (AvgIpc) is 2.65. The number of rotatable bonds is 7. The van der Waals surface area contributed by atoms with Crippen molar-refractivity contribution < 1.29 is 9.53 Å². The smallest absolute Gasteiger partial charge is 0.262 e. The molecule has 1 N–H and O–H groups in total. The Morgan fingerprint density at radius 2 is 1.77 bits per heavy atom. The molecule has 2 aromatic rings. The van der Waals surface area contributed by atoms with Crippen LogP contribution in [0.15, 0.2) is 60.2 Å². The van der Waals surface area contributed by atoms with Gasteiger partial charge >= 0.3 is 0 Å². The number of hydrogen-bond acceptors (Lipinski definition) is 3. The molecule has 1 unspecified atom stereocenters. The topological polar surface area (TPSA) is 62.1 Å². The molecule has 1 amide bonds. The summed E-state index contributed by atoms with van der Waals surface area (Å²) in [5.74, 6) is 0.843. The van der Waals surface area contributed by atoms with Gasteiger partial charge in [0.1, 0.15) is 17.4 Å². The van der Waals surface area contributed by atoms with Gasteiger partial charge in [-0.15, -0.1) is 0 Å². The number of carbonyl (C=O) groups excluding carboxylic acids is 1. The monoisotopic (exact) mass is 348 g/mol. The molecule has 4 heteroatoms. The standard InChI is InChI=1S/C22H24N2O2/c1-16(2)15-26-21-11-9-18(10-12-21)13-20(14-23)22(25)24-17(3)19-7-5-4-6-8-19/h4-13,16-17H,15H2,1-3H3,(H,24,25)/b20-13+. The molecule has 0 radical (unpaired) electrons. The minimum Gasteiger partial charge on any atom is -0.493 e. The second kappa shape index (κ2) is 9.43. The van der Waals surface area contributed by atoms with E-state index in [1.807, 2.05) is 67.6 Å². The molecular weight excluding hydrogens is 324 g/mol. The van der Waals surface area contributed by atoms with Crippen LogP contribution >= 0.6 is 0 Å². The Morgan fingerprint density at radius 1 is 1.12 bits per heavy atom. The lowest BCUT2D eigenvalue weighted by molar-refractivity contribution is -0.117. The van der Waals surface area contributed by atoms with E-state index < -0.39 is 0 Å². The van der Waals surface area contributed by atoms with Gasteiger partial charge in [0.2, 0.25) is 0 Å². The molecule has 0 fully saturated rings. The molecule has 0 heterocycles. The van der Waals surface area contributed by atoms with Gasteiger partial charge in [-0.1, -0.05) is 56.3 Å². The first-order valence-electron chi connectivity index (χ1n) is 8.70. The maximum Gasteiger partial charge on any atom is 0.262 e. The summed E-state index contributed by atoms with van der Waals surface area (Å²) < 4.78 is 5.64. The summed E-state index contributed by atoms with van der Waals surface area (Å²) in [6.45, 7) is 6.72. The number of nitrogens with zero attached hydrogens (tertiary/aromatic N) is 1. The van der Waals surface area contributed by atoms with E-state index in [9.17, 15) is 10.1 Å². The van der Waals surface area contributed by atoms with Gasteiger partial charge in [-0.05, 0) is 42.2 Å². The minimum atomic E-state index is -0.385. The fraction of sp³-hybridized carbons (Fsp3) is 0.273. The molecule has 0 spiro atoms. The SMILES string of the molecule is CC(C)COc1ccc(/C=C(\C#N)C(=O)NC(C)c2ccccc2)cc1. The van der Waals surface area contributed by atoms with E-state index in [-0.39, 0.29) is 17.5 Å². The van der Waals surface area contributed by atoms with Crippen LogP contribution in [0.4, 0.5) is 0 Å². The predicted octanol–water partition coefficient (Wildman–Crippen LogP) is 4.51. The summed E-state index contributed by atoms with van der Waals surface area (Å²) in [5, 5.41) is 12.2. The zero-order chi connectivity index (χ0) is 18.9. The summed E-state index contributed by atoms with van der Waals surface area (Å²) in [5.41, 5.74) is 1.84. The molecule has 0 aliphatic carbocycles. The first-order chi connectivity index (χ1) is 12.5. The molecule has 0 aliphatic rings. The van der Waals surface area contributed by atoms with Crippen LogP contribution < -0.4 is 10.1 Å². The van der Waals surface area contributed by atoms with Gasteiger partial charge in [-0.25, -0.2) is 0 Å². The Morgan fingerprint density at radius 3 is 2.35 bits per heavy atom. The van der Waals surface area contributed by atoms with Crippen LogP contribution in [-0.2, 0) is 4.79 Å². The van der Waals surface area contributed by atoms with Crippen molar-refractivity contribution in [1.82, 2.24) is 5.32 Å². The van der Waals surface area contributed by atoms with Crippen molar-refractivity contribution in [3.05, 3.63) is 71.3 Å². The second-order valence-electron chi connectivity index (χ2n) is 6.55. The Hall–Kier alpha value is -3.06. The van der Waals surface area contributed by atoms with Crippen molar-refractivity contribution in [1.29, 1.82) is 5.26 Å². The summed E-state index contributed by atoms with van der Waals surface area (Å²) in [6, 6.07) is 18.8. The van der Waals surface area contributed by atoms with E-state index in [1.165, 1.54) is 0 Å². The van der Waals surface area contributed by atoms with Gasteiger partial charge in [0.15, 0.2) is 0 Å². The molecule has 134 valence electrons. The largest absolute Gasteiger partial charge is 0.493 e. The van der Waals surface area contributed by atoms with Crippen LogP contribution in [0.2, 0.25) is 0 Å². The lowest BCUT2D eigenvalue weighted by Crippen LogP contribution is -2.27. The number of carbonyl (C=O) groups is 1. The van der Waals surface area contributed by atoms with Gasteiger partial charge in [-0.2, -0.15) is 5.26 Å². The Bertz CT molecular complexity index is 787. The fourth-order valence-corrected chi connectivity index (χ4v) is 2.34. The van der Waals surface area contributed by atoms with Gasteiger partial charge in [0.05, 0.1) is 12.6 Å². The van der Waals surface area contributed by atoms with E-state index in [4.69, 9.17) is 4.74 Å². The van der Waals surface area contributed by atoms with Crippen LogP contribution in [0.1, 0.15) is 37.9 Å². The molecule has 0 aliphatic heterocycles. The van der Waals surface area contributed by atoms with Crippen molar-refractivity contribution in [2.75, 3.05) is 6.61 Å². The second-order valence-corrected chi connectivity index (χ2v) is 6.55. The van der Waals surface area contributed by atoms with Crippen molar-refractivity contribution in [2.45, 2.75) is 26.8 Å². The van der Waals surface area contributed by atoms with E-state index in [0.29, 0.717) is 12.5 Å². The highest BCUT2D eigenvalue weighted by molar-refractivity contribution is 6.01. The number of nitrogens with one attached hydrogen (secondary N) is 1. The molecule has 0 saturated heterocycles. The average molecular weight is 348 g/mol. The zero-order valence-electron chi connectivity index (χ0n) is 15.4. The van der Waals surface area contributed by atoms with Gasteiger partial charge < -0.3 is 10.1 Å². The summed E-state index contributed by atoms with van der Waals surface area (Å²) in [6.07, 6.45) is 1.58. The molecule has 2 rings (SSSR count). The van der Waals surface area contributed by atoms with Crippen LogP contribution in [-0.4, -0.2) is 12.5 Å². The Balaban J connectivity index is 2.04. The summed E-state index contributed by atoms with van der Waals surface area (Å²) >= 11 is 0. The van der Waals surface area contributed by atoms with Crippen LogP contribution in [0.5, 0.6) is 5.75 Å². The zero-order valence-corrected chi connectivity index (χ0v) is 15.4. The number of hydrogen-bond donors (Lipinski definition) is 1. The maximum absolute atomic E-state index is 12.4. The highest BCUT2D eigenvalue weighted by Crippen LogP contribution is 2.16. The lowest BCUT2D eigenvalue weighted by atomic mass is 10.1. The minimum absolute atomic E-state index is 0.0728. The maximum atomic E-state index is 12.4. The van der Waals surface area contributed by atoms with Crippen LogP contribution in [0.25, 0.3) is 6.08 Å². The predicted molar refractivity (Wildman–Crippen MR) is 103 cm³/mol. The van der Waals surface area contributed by atoms with Crippen LogP contribution in [0.3, 0.4) is 0 Å². The highest BCUT2D eigenvalue weighted by Gasteiger charge is 2.13. The molecular formula is C22H24N2O2. The molecule has 4 nitrogen and oxygen atoms in total. The molecule has 1 atom stereocenters. The number of amides is 1. The summed E-state index contributed by atoms with van der Waals surface area (Å²) in [7, 11) is 0. The first kappa shape index (κ1) is 19.3. The van der Waals surface area contributed by atoms with Crippen molar-refractivity contribution in [3.8, 4) is 11.8 Å². The number of benzene rings is 2. The van der Waals surface area contributed by atoms with Crippen molar-refractivity contribution in [2.24, 2.45) is 5.92 Å². The molecule has 0 saturated carbocycles. The first-order valence-corrected chi connectivity index (χ1v) is 8.70. The van der Waals surface area contributed by atoms with E-state index in [2.05, 4.69) is 19.2 Å². The third-order valence-electron chi connectivity index (χ3n) is 3.79. The lowest BCUT2D eigenvalue weighted by Gasteiger charge is -2.13. The van der Waals surface area contributed by atoms with E-state index in [1.54, 1.807) is 6.08 Å². The molecule has 2 aromatic carbocycles. The summed E-state index contributed by atoms with van der Waals surface area (Å²) in [4.78, 5) is 12.4. The van der Waals surface area contributed by atoms with Crippen molar-refractivity contribution >= 4 is 12.0 Å². The Labute approximate surface area is 155 Å². The van der Waals surface area contributed by atoms with Gasteiger partial charge in [0.25, 0.3) is 5.91 Å². The molecule has 0 aromatic heterocycles. The Kier molecular flexibility index (Phi) is 6.99. The van der Waals surface area contributed by atoms with Crippen molar-refractivity contribution in [3.63, 3.8) is 0 Å². The number of ether oxygens (including phenoxy) is 1. The fourth-order valence-electron chi connectivity index (χ4n) is 2.34. The quantitative estimate of drug-likeness (QED) is 0.592. The normalized spacial score (nSPS) is 12.3. The molecule has 0 bridgehead atoms. The van der Waals surface area contributed by atoms with Gasteiger partial charge in [0, 0.05) is 0 Å². The molecule has 26 heavy (non-hydrogen) atoms. The van der Waals surface area contributed by atoms with Gasteiger partial charge in [-0.3, -0.25) is 4.79 Å². The highest BCUT2D eigenvalue weighted by atomic mass is 16.5. The number of nitriles is 1. The third-order valence-corrected chi connectivity index (χ3v) is 3.79. The van der Waals surface area contributed by atoms with E-state index in [0.717, 1.165) is 16.9 Å².